The molecule has 0 aliphatic rings. The molecule has 0 aliphatic heterocycles. The van der Waals surface area contributed by atoms with Crippen molar-refractivity contribution in [3.8, 4) is 11.5 Å². The molecule has 1 unspecified atom stereocenters. The molecule has 0 saturated heterocycles. The molecule has 0 bridgehead atoms. The highest BCUT2D eigenvalue weighted by molar-refractivity contribution is 14.1. The van der Waals surface area contributed by atoms with E-state index in [1.807, 2.05) is 0 Å². The van der Waals surface area contributed by atoms with Gasteiger partial charge in [0.25, 0.3) is 0 Å². The fourth-order valence-corrected chi connectivity index (χ4v) is 2.81. The molecule has 0 amide bonds. The van der Waals surface area contributed by atoms with E-state index in [0.29, 0.717) is 0 Å². The highest BCUT2D eigenvalue weighted by atomic mass is 127. The van der Waals surface area contributed by atoms with Crippen LogP contribution in [0.3, 0.4) is 0 Å². The van der Waals surface area contributed by atoms with Gasteiger partial charge in [-0.1, -0.05) is 12.1 Å². The van der Waals surface area contributed by atoms with Gasteiger partial charge < -0.3 is 9.05 Å². The molecule has 0 heterocycles. The number of phosphoric ester groups is 1. The van der Waals surface area contributed by atoms with E-state index in [9.17, 15) is 30.9 Å². The summed E-state index contributed by atoms with van der Waals surface area (Å²) in [5, 5.41) is 0. The molecule has 0 aliphatic carbocycles. The number of rotatable bonds is 5. The van der Waals surface area contributed by atoms with Crippen LogP contribution in [0.2, 0.25) is 0 Å². The van der Waals surface area contributed by atoms with E-state index in [0.717, 1.165) is 35.1 Å². The molecule has 0 N–H and O–H groups in total. The van der Waals surface area contributed by atoms with Crippen molar-refractivity contribution in [1.82, 2.24) is 0 Å². The molecule has 0 saturated carbocycles. The first-order chi connectivity index (χ1) is 11.2. The summed E-state index contributed by atoms with van der Waals surface area (Å²) in [5.74, 6) is -15.5. The van der Waals surface area contributed by atoms with E-state index < -0.39 is 54.2 Å². The molecule has 0 spiro atoms. The Labute approximate surface area is 144 Å². The second-order valence-corrected chi connectivity index (χ2v) is 6.61. The van der Waals surface area contributed by atoms with Crippen LogP contribution < -0.4 is 9.05 Å². The van der Waals surface area contributed by atoms with Gasteiger partial charge >= 0.3 is 7.82 Å². The average Bonchev–Trinajstić information content (AvgIpc) is 2.57. The lowest BCUT2D eigenvalue weighted by atomic mass is 10.3. The van der Waals surface area contributed by atoms with E-state index in [1.165, 1.54) is 12.1 Å². The van der Waals surface area contributed by atoms with Crippen molar-refractivity contribution < 1.29 is 42.8 Å². The van der Waals surface area contributed by atoms with Crippen molar-refractivity contribution in [2.75, 3.05) is 0 Å². The minimum atomic E-state index is -4.97. The third kappa shape index (κ3) is 3.62. The molecular formula is C12H4F6IO4P. The maximum Gasteiger partial charge on any atom is 0.597 e. The number of hydrogen-bond donors (Lipinski definition) is 0. The fraction of sp³-hybridized carbons (Fsp3) is 0. The highest BCUT2D eigenvalue weighted by Crippen LogP contribution is 2.53. The number of hydrogen-bond acceptors (Lipinski definition) is 4. The van der Waals surface area contributed by atoms with E-state index in [2.05, 4.69) is 11.9 Å². The number of benzene rings is 2. The molecule has 12 heteroatoms. The third-order valence-corrected chi connectivity index (χ3v) is 4.95. The van der Waals surface area contributed by atoms with Crippen molar-refractivity contribution >= 4 is 30.8 Å². The number of para-hydroxylation sites is 1. The van der Waals surface area contributed by atoms with E-state index in [-0.39, 0.29) is 0 Å². The summed E-state index contributed by atoms with van der Waals surface area (Å²) >= 11 is 0.937. The van der Waals surface area contributed by atoms with Gasteiger partial charge in [-0.05, 0) is 12.1 Å². The quantitative estimate of drug-likeness (QED) is 0.186. The summed E-state index contributed by atoms with van der Waals surface area (Å²) in [6.07, 6.45) is 0. The SMILES string of the molecule is O=P(OI)(Oc1ccccc1F)Oc1c(F)c(F)c(F)c(F)c1F. The van der Waals surface area contributed by atoms with Crippen molar-refractivity contribution in [3.05, 3.63) is 59.2 Å². The lowest BCUT2D eigenvalue weighted by Gasteiger charge is -2.17. The van der Waals surface area contributed by atoms with Crippen LogP contribution in [0.15, 0.2) is 24.3 Å². The first-order valence-corrected chi connectivity index (χ1v) is 8.10. The van der Waals surface area contributed by atoms with Gasteiger partial charge in [-0.15, -0.1) is 0 Å². The molecule has 24 heavy (non-hydrogen) atoms. The standard InChI is InChI=1S/C12H4F6IO4P/c13-5-3-1-2-4-6(5)21-24(20,23-19)22-12-10(17)8(15)7(14)9(16)11(12)18/h1-4H. The number of phosphoric acid groups is 1. The highest BCUT2D eigenvalue weighted by Gasteiger charge is 2.37. The monoisotopic (exact) mass is 484 g/mol. The van der Waals surface area contributed by atoms with Crippen LogP contribution in [-0.2, 0) is 7.42 Å². The normalized spacial score (nSPS) is 13.5. The van der Waals surface area contributed by atoms with Gasteiger partial charge in [-0.3, -0.25) is 0 Å². The molecule has 4 nitrogen and oxygen atoms in total. The average molecular weight is 484 g/mol. The maximum atomic E-state index is 13.5. The lowest BCUT2D eigenvalue weighted by molar-refractivity contribution is 0.290. The van der Waals surface area contributed by atoms with E-state index >= 15 is 0 Å². The summed E-state index contributed by atoms with van der Waals surface area (Å²) in [6.45, 7) is 0. The zero-order valence-corrected chi connectivity index (χ0v) is 14.1. The topological polar surface area (TPSA) is 44.8 Å². The summed E-state index contributed by atoms with van der Waals surface area (Å²) in [6, 6.07) is 4.38. The maximum absolute atomic E-state index is 13.5. The Morgan fingerprint density at radius 1 is 0.792 bits per heavy atom. The van der Waals surface area contributed by atoms with Crippen LogP contribution >= 0.6 is 30.8 Å². The van der Waals surface area contributed by atoms with Gasteiger partial charge in [-0.25, -0.2) is 22.1 Å². The van der Waals surface area contributed by atoms with E-state index in [4.69, 9.17) is 0 Å². The zero-order valence-electron chi connectivity index (χ0n) is 11.0. The van der Waals surface area contributed by atoms with Crippen molar-refractivity contribution in [2.45, 2.75) is 0 Å². The Kier molecular flexibility index (Phi) is 5.66. The molecule has 2 aromatic carbocycles. The predicted molar refractivity (Wildman–Crippen MR) is 76.6 cm³/mol. The third-order valence-electron chi connectivity index (χ3n) is 2.50. The molecule has 2 rings (SSSR count). The largest absolute Gasteiger partial charge is 0.597 e. The van der Waals surface area contributed by atoms with Gasteiger partial charge in [0.05, 0.1) is 0 Å². The van der Waals surface area contributed by atoms with Crippen LogP contribution in [0, 0.1) is 34.9 Å². The summed E-state index contributed by atoms with van der Waals surface area (Å²) < 4.78 is 105. The first-order valence-electron chi connectivity index (χ1n) is 5.75. The molecule has 0 aromatic heterocycles. The fourth-order valence-electron chi connectivity index (χ4n) is 1.46. The predicted octanol–water partition coefficient (Wildman–Crippen LogP) is 5.45. The molecule has 2 aromatic rings. The summed E-state index contributed by atoms with van der Waals surface area (Å²) in [4.78, 5) is 0. The molecule has 0 radical (unpaired) electrons. The van der Waals surface area contributed by atoms with Gasteiger partial charge in [0.2, 0.25) is 34.8 Å². The Morgan fingerprint density at radius 2 is 1.29 bits per heavy atom. The summed E-state index contributed by atoms with van der Waals surface area (Å²) in [5.41, 5.74) is 0. The van der Waals surface area contributed by atoms with Crippen molar-refractivity contribution in [1.29, 1.82) is 0 Å². The van der Waals surface area contributed by atoms with Crippen LogP contribution in [0.5, 0.6) is 11.5 Å². The Hall–Kier alpha value is -1.46. The van der Waals surface area contributed by atoms with Crippen LogP contribution in [0.1, 0.15) is 0 Å². The van der Waals surface area contributed by atoms with Gasteiger partial charge in [-0.2, -0.15) is 11.6 Å². The van der Waals surface area contributed by atoms with E-state index in [1.54, 1.807) is 0 Å². The van der Waals surface area contributed by atoms with Crippen LogP contribution in [-0.4, -0.2) is 0 Å². The minimum absolute atomic E-state index is 0.693. The minimum Gasteiger partial charge on any atom is -0.391 e. The Morgan fingerprint density at radius 3 is 1.79 bits per heavy atom. The van der Waals surface area contributed by atoms with Gasteiger partial charge in [0.1, 0.15) is 23.0 Å². The lowest BCUT2D eigenvalue weighted by Crippen LogP contribution is -2.08. The van der Waals surface area contributed by atoms with Crippen LogP contribution in [0.25, 0.3) is 0 Å². The molecule has 1 atom stereocenters. The van der Waals surface area contributed by atoms with Crippen LogP contribution in [0.4, 0.5) is 26.3 Å². The Bertz CT molecular complexity index is 804. The number of halogens is 7. The zero-order chi connectivity index (χ0) is 18.1. The molecule has 130 valence electrons. The first kappa shape index (κ1) is 18.9. The van der Waals surface area contributed by atoms with Crippen molar-refractivity contribution in [2.24, 2.45) is 0 Å². The molecular weight excluding hydrogens is 480 g/mol. The Balaban J connectivity index is 2.44. The second kappa shape index (κ2) is 7.19. The van der Waals surface area contributed by atoms with Gasteiger partial charge in [0, 0.05) is 0 Å². The second-order valence-electron chi connectivity index (χ2n) is 4.03. The van der Waals surface area contributed by atoms with Crippen molar-refractivity contribution in [3.63, 3.8) is 0 Å². The molecule has 0 fully saturated rings. The smallest absolute Gasteiger partial charge is 0.391 e. The summed E-state index contributed by atoms with van der Waals surface area (Å²) in [7, 11) is -4.97. The van der Waals surface area contributed by atoms with Gasteiger partial charge in [0.15, 0.2) is 11.6 Å².